The lowest BCUT2D eigenvalue weighted by atomic mass is 10.0. The predicted octanol–water partition coefficient (Wildman–Crippen LogP) is 3.84. The number of nitrogens with one attached hydrogen (secondary N) is 2. The van der Waals surface area contributed by atoms with Gasteiger partial charge in [-0.15, -0.1) is 0 Å². The highest BCUT2D eigenvalue weighted by atomic mass is 14.9. The molecule has 0 atom stereocenters. The van der Waals surface area contributed by atoms with Crippen LogP contribution in [0.15, 0.2) is 30.5 Å². The van der Waals surface area contributed by atoms with Gasteiger partial charge in [0.1, 0.15) is 0 Å². The second kappa shape index (κ2) is 4.77. The molecule has 2 aromatic rings. The fourth-order valence-corrected chi connectivity index (χ4v) is 2.90. The van der Waals surface area contributed by atoms with E-state index in [2.05, 4.69) is 41.5 Å². The van der Waals surface area contributed by atoms with Crippen molar-refractivity contribution in [3.8, 4) is 0 Å². The first-order valence-electron chi connectivity index (χ1n) is 7.08. The van der Waals surface area contributed by atoms with Crippen LogP contribution in [0.25, 0.3) is 10.9 Å². The van der Waals surface area contributed by atoms with E-state index in [1.807, 2.05) is 6.20 Å². The van der Waals surface area contributed by atoms with Gasteiger partial charge < -0.3 is 10.3 Å². The molecule has 1 heterocycles. The molecule has 2 nitrogen and oxygen atoms in total. The predicted molar refractivity (Wildman–Crippen MR) is 76.6 cm³/mol. The summed E-state index contributed by atoms with van der Waals surface area (Å²) in [5.74, 6) is 0. The molecule has 0 bridgehead atoms. The molecular weight excluding hydrogens is 220 g/mol. The molecule has 1 aliphatic rings. The highest BCUT2D eigenvalue weighted by Crippen LogP contribution is 2.48. The van der Waals surface area contributed by atoms with Gasteiger partial charge in [-0.05, 0) is 47.8 Å². The second-order valence-corrected chi connectivity index (χ2v) is 5.75. The maximum atomic E-state index is 3.63. The largest absolute Gasteiger partial charge is 0.361 e. The summed E-state index contributed by atoms with van der Waals surface area (Å²) < 4.78 is 0. The summed E-state index contributed by atoms with van der Waals surface area (Å²) in [6.07, 6.45) is 7.54. The van der Waals surface area contributed by atoms with E-state index in [-0.39, 0.29) is 0 Å². The van der Waals surface area contributed by atoms with Gasteiger partial charge in [-0.3, -0.25) is 0 Å². The Morgan fingerprint density at radius 2 is 2.17 bits per heavy atom. The van der Waals surface area contributed by atoms with Crippen molar-refractivity contribution < 1.29 is 0 Å². The summed E-state index contributed by atoms with van der Waals surface area (Å²) in [4.78, 5) is 3.27. The van der Waals surface area contributed by atoms with Gasteiger partial charge in [0.05, 0.1) is 0 Å². The summed E-state index contributed by atoms with van der Waals surface area (Å²) in [5, 5.41) is 4.93. The van der Waals surface area contributed by atoms with Crippen molar-refractivity contribution in [2.75, 3.05) is 6.54 Å². The average Bonchev–Trinajstić information content (AvgIpc) is 2.97. The van der Waals surface area contributed by atoms with Gasteiger partial charge in [-0.1, -0.05) is 25.5 Å². The molecule has 0 spiro atoms. The van der Waals surface area contributed by atoms with E-state index in [4.69, 9.17) is 0 Å². The zero-order chi connectivity index (χ0) is 12.4. The quantitative estimate of drug-likeness (QED) is 0.791. The maximum absolute atomic E-state index is 3.63. The fraction of sp³-hybridized carbons (Fsp3) is 0.500. The van der Waals surface area contributed by atoms with Crippen LogP contribution in [0.1, 0.15) is 38.2 Å². The first-order valence-corrected chi connectivity index (χ1v) is 7.08. The first-order chi connectivity index (χ1) is 8.81. The highest BCUT2D eigenvalue weighted by molar-refractivity contribution is 5.79. The normalized spacial score (nSPS) is 17.2. The van der Waals surface area contributed by atoms with E-state index in [0.29, 0.717) is 5.41 Å². The Balaban J connectivity index is 1.56. The molecule has 1 fully saturated rings. The minimum Gasteiger partial charge on any atom is -0.361 e. The topological polar surface area (TPSA) is 27.8 Å². The molecule has 1 aromatic carbocycles. The van der Waals surface area contributed by atoms with Gasteiger partial charge in [0.15, 0.2) is 0 Å². The van der Waals surface area contributed by atoms with E-state index in [9.17, 15) is 0 Å². The zero-order valence-electron chi connectivity index (χ0n) is 11.1. The number of aromatic amines is 1. The van der Waals surface area contributed by atoms with E-state index < -0.39 is 0 Å². The van der Waals surface area contributed by atoms with Crippen LogP contribution < -0.4 is 5.32 Å². The second-order valence-electron chi connectivity index (χ2n) is 5.75. The number of rotatable bonds is 6. The molecule has 96 valence electrons. The molecular formula is C16H22N2. The van der Waals surface area contributed by atoms with Crippen molar-refractivity contribution >= 4 is 10.9 Å². The number of fused-ring (bicyclic) bond motifs is 1. The van der Waals surface area contributed by atoms with Gasteiger partial charge in [0, 0.05) is 24.8 Å². The van der Waals surface area contributed by atoms with Crippen LogP contribution in [-0.2, 0) is 6.54 Å². The Hall–Kier alpha value is -1.28. The van der Waals surface area contributed by atoms with Gasteiger partial charge in [0.2, 0.25) is 0 Å². The molecule has 2 N–H and O–H groups in total. The van der Waals surface area contributed by atoms with E-state index in [1.54, 1.807) is 0 Å². The van der Waals surface area contributed by atoms with Crippen LogP contribution in [-0.4, -0.2) is 11.5 Å². The Labute approximate surface area is 109 Å². The Morgan fingerprint density at radius 3 is 2.94 bits per heavy atom. The standard InChI is InChI=1S/C16H22N2/c1-2-6-16(7-8-16)12-17-11-13-3-4-14-5-9-18-15(14)10-13/h3-5,9-10,17-18H,2,6-8,11-12H2,1H3. The highest BCUT2D eigenvalue weighted by Gasteiger charge is 2.40. The van der Waals surface area contributed by atoms with Crippen LogP contribution in [0.2, 0.25) is 0 Å². The minimum absolute atomic E-state index is 0.644. The molecule has 0 radical (unpaired) electrons. The summed E-state index contributed by atoms with van der Waals surface area (Å²) in [5.41, 5.74) is 3.26. The van der Waals surface area contributed by atoms with Crippen LogP contribution in [0, 0.1) is 5.41 Å². The third-order valence-electron chi connectivity index (χ3n) is 4.19. The molecule has 1 saturated carbocycles. The van der Waals surface area contributed by atoms with Crippen molar-refractivity contribution in [1.29, 1.82) is 0 Å². The summed E-state index contributed by atoms with van der Waals surface area (Å²) >= 11 is 0. The smallest absolute Gasteiger partial charge is 0.0457 e. The van der Waals surface area contributed by atoms with Gasteiger partial charge in [-0.25, -0.2) is 0 Å². The molecule has 18 heavy (non-hydrogen) atoms. The molecule has 0 saturated heterocycles. The number of hydrogen-bond acceptors (Lipinski definition) is 1. The number of hydrogen-bond donors (Lipinski definition) is 2. The van der Waals surface area contributed by atoms with Crippen molar-refractivity contribution in [1.82, 2.24) is 10.3 Å². The molecule has 2 heteroatoms. The van der Waals surface area contributed by atoms with Gasteiger partial charge in [-0.2, -0.15) is 0 Å². The average molecular weight is 242 g/mol. The van der Waals surface area contributed by atoms with Crippen molar-refractivity contribution in [3.63, 3.8) is 0 Å². The molecule has 1 aliphatic carbocycles. The minimum atomic E-state index is 0.644. The van der Waals surface area contributed by atoms with E-state index in [1.165, 1.54) is 48.7 Å². The van der Waals surface area contributed by atoms with Crippen molar-refractivity contribution in [2.45, 2.75) is 39.2 Å². The Morgan fingerprint density at radius 1 is 1.28 bits per heavy atom. The maximum Gasteiger partial charge on any atom is 0.0457 e. The molecule has 0 unspecified atom stereocenters. The monoisotopic (exact) mass is 242 g/mol. The zero-order valence-corrected chi connectivity index (χ0v) is 11.1. The number of H-pyrrole nitrogens is 1. The number of aromatic nitrogens is 1. The first kappa shape index (κ1) is 11.8. The van der Waals surface area contributed by atoms with Crippen LogP contribution >= 0.6 is 0 Å². The van der Waals surface area contributed by atoms with Crippen molar-refractivity contribution in [3.05, 3.63) is 36.0 Å². The Kier molecular flexibility index (Phi) is 3.13. The summed E-state index contributed by atoms with van der Waals surface area (Å²) in [6.45, 7) is 4.46. The summed E-state index contributed by atoms with van der Waals surface area (Å²) in [6, 6.07) is 8.79. The van der Waals surface area contributed by atoms with E-state index in [0.717, 1.165) is 6.54 Å². The van der Waals surface area contributed by atoms with Crippen molar-refractivity contribution in [2.24, 2.45) is 5.41 Å². The molecule has 3 rings (SSSR count). The molecule has 0 aliphatic heterocycles. The number of benzene rings is 1. The Bertz CT molecular complexity index is 523. The summed E-state index contributed by atoms with van der Waals surface area (Å²) in [7, 11) is 0. The van der Waals surface area contributed by atoms with Crippen LogP contribution in [0.3, 0.4) is 0 Å². The lowest BCUT2D eigenvalue weighted by Crippen LogP contribution is -2.23. The third kappa shape index (κ3) is 2.44. The third-order valence-corrected chi connectivity index (χ3v) is 4.19. The fourth-order valence-electron chi connectivity index (χ4n) is 2.90. The van der Waals surface area contributed by atoms with Crippen LogP contribution in [0.4, 0.5) is 0 Å². The van der Waals surface area contributed by atoms with Crippen LogP contribution in [0.5, 0.6) is 0 Å². The molecule has 0 amide bonds. The van der Waals surface area contributed by atoms with Gasteiger partial charge >= 0.3 is 0 Å². The van der Waals surface area contributed by atoms with Gasteiger partial charge in [0.25, 0.3) is 0 Å². The lowest BCUT2D eigenvalue weighted by molar-refractivity contribution is 0.421. The SMILES string of the molecule is CCCC1(CNCc2ccc3cc[nH]c3c2)CC1. The molecule has 1 aromatic heterocycles. The lowest BCUT2D eigenvalue weighted by Gasteiger charge is -2.14. The van der Waals surface area contributed by atoms with E-state index >= 15 is 0 Å².